The quantitative estimate of drug-likeness (QED) is 0.647. The highest BCUT2D eigenvalue weighted by Gasteiger charge is 2.12. The molecule has 0 aliphatic carbocycles. The SMILES string of the molecule is CC[C@@H](O)C(=O)CC(C)C. The average molecular weight is 144 g/mol. The standard InChI is InChI=1S/C8H16O2/c1-4-7(9)8(10)5-6(2)3/h6-7,9H,4-5H2,1-3H3/t7-/m1/s1. The first kappa shape index (κ1) is 9.63. The third kappa shape index (κ3) is 3.62. The van der Waals surface area contributed by atoms with Gasteiger partial charge in [-0.2, -0.15) is 0 Å². The van der Waals surface area contributed by atoms with Crippen molar-refractivity contribution in [3.63, 3.8) is 0 Å². The van der Waals surface area contributed by atoms with Crippen molar-refractivity contribution in [2.75, 3.05) is 0 Å². The maximum atomic E-state index is 10.9. The lowest BCUT2D eigenvalue weighted by atomic mass is 10.0. The Morgan fingerprint density at radius 3 is 2.30 bits per heavy atom. The van der Waals surface area contributed by atoms with Gasteiger partial charge in [-0.1, -0.05) is 20.8 Å². The minimum atomic E-state index is -0.734. The number of aliphatic hydroxyl groups is 1. The predicted octanol–water partition coefficient (Wildman–Crippen LogP) is 1.37. The van der Waals surface area contributed by atoms with Gasteiger partial charge in [0, 0.05) is 6.42 Å². The van der Waals surface area contributed by atoms with Crippen LogP contribution in [0, 0.1) is 5.92 Å². The lowest BCUT2D eigenvalue weighted by Gasteiger charge is -2.07. The van der Waals surface area contributed by atoms with E-state index in [4.69, 9.17) is 5.11 Å². The van der Waals surface area contributed by atoms with Gasteiger partial charge in [0.25, 0.3) is 0 Å². The Morgan fingerprint density at radius 1 is 1.50 bits per heavy atom. The lowest BCUT2D eigenvalue weighted by molar-refractivity contribution is -0.127. The fourth-order valence-electron chi connectivity index (χ4n) is 0.766. The zero-order chi connectivity index (χ0) is 8.15. The molecule has 0 aliphatic rings. The summed E-state index contributed by atoms with van der Waals surface area (Å²) in [5.74, 6) is 0.325. The molecule has 0 unspecified atom stereocenters. The van der Waals surface area contributed by atoms with Crippen LogP contribution in [0.1, 0.15) is 33.6 Å². The molecule has 0 amide bonds. The monoisotopic (exact) mass is 144 g/mol. The van der Waals surface area contributed by atoms with Crippen LogP contribution in [-0.2, 0) is 4.79 Å². The molecule has 0 aromatic carbocycles. The Morgan fingerprint density at radius 2 is 2.00 bits per heavy atom. The third-order valence-corrected chi connectivity index (χ3v) is 1.37. The number of carbonyl (C=O) groups is 1. The maximum Gasteiger partial charge on any atom is 0.161 e. The van der Waals surface area contributed by atoms with E-state index in [0.29, 0.717) is 18.8 Å². The van der Waals surface area contributed by atoms with Crippen LogP contribution in [0.5, 0.6) is 0 Å². The Kier molecular flexibility index (Phi) is 4.28. The first-order valence-corrected chi connectivity index (χ1v) is 3.78. The number of hydrogen-bond acceptors (Lipinski definition) is 2. The largest absolute Gasteiger partial charge is 0.385 e. The van der Waals surface area contributed by atoms with Crippen LogP contribution in [0.3, 0.4) is 0 Å². The topological polar surface area (TPSA) is 37.3 Å². The minimum absolute atomic E-state index is 0.0301. The number of carbonyl (C=O) groups excluding carboxylic acids is 1. The second kappa shape index (κ2) is 4.45. The van der Waals surface area contributed by atoms with E-state index in [2.05, 4.69) is 0 Å². The van der Waals surface area contributed by atoms with E-state index in [1.165, 1.54) is 0 Å². The van der Waals surface area contributed by atoms with Crippen LogP contribution in [0.2, 0.25) is 0 Å². The fraction of sp³-hybridized carbons (Fsp3) is 0.875. The summed E-state index contributed by atoms with van der Waals surface area (Å²) < 4.78 is 0. The molecule has 60 valence electrons. The summed E-state index contributed by atoms with van der Waals surface area (Å²) in [7, 11) is 0. The van der Waals surface area contributed by atoms with Crippen LogP contribution in [-0.4, -0.2) is 17.0 Å². The molecule has 0 aromatic rings. The molecular weight excluding hydrogens is 128 g/mol. The average Bonchev–Trinajstić information content (AvgIpc) is 1.85. The minimum Gasteiger partial charge on any atom is -0.385 e. The molecule has 0 heterocycles. The Hall–Kier alpha value is -0.370. The molecule has 2 nitrogen and oxygen atoms in total. The molecule has 0 fully saturated rings. The van der Waals surface area contributed by atoms with Crippen molar-refractivity contribution in [1.82, 2.24) is 0 Å². The summed E-state index contributed by atoms with van der Waals surface area (Å²) in [4.78, 5) is 10.9. The van der Waals surface area contributed by atoms with Gasteiger partial charge in [0.1, 0.15) is 6.10 Å². The van der Waals surface area contributed by atoms with E-state index in [1.807, 2.05) is 20.8 Å². The van der Waals surface area contributed by atoms with Gasteiger partial charge in [0.15, 0.2) is 5.78 Å². The van der Waals surface area contributed by atoms with Gasteiger partial charge in [-0.3, -0.25) is 4.79 Å². The van der Waals surface area contributed by atoms with E-state index in [1.54, 1.807) is 0 Å². The molecule has 10 heavy (non-hydrogen) atoms. The number of aliphatic hydroxyl groups excluding tert-OH is 1. The van der Waals surface area contributed by atoms with Gasteiger partial charge in [-0.25, -0.2) is 0 Å². The molecule has 1 atom stereocenters. The first-order chi connectivity index (χ1) is 4.57. The second-order valence-electron chi connectivity index (χ2n) is 2.99. The van der Waals surface area contributed by atoms with Crippen molar-refractivity contribution in [1.29, 1.82) is 0 Å². The van der Waals surface area contributed by atoms with E-state index >= 15 is 0 Å². The molecule has 0 spiro atoms. The maximum absolute atomic E-state index is 10.9. The summed E-state index contributed by atoms with van der Waals surface area (Å²) >= 11 is 0. The summed E-state index contributed by atoms with van der Waals surface area (Å²) in [6.45, 7) is 5.75. The summed E-state index contributed by atoms with van der Waals surface area (Å²) in [5.41, 5.74) is 0. The van der Waals surface area contributed by atoms with Crippen molar-refractivity contribution < 1.29 is 9.90 Å². The molecule has 0 aliphatic heterocycles. The first-order valence-electron chi connectivity index (χ1n) is 3.78. The number of Topliss-reactive ketones (excluding diaryl/α,β-unsaturated/α-hetero) is 1. The molecule has 0 bridgehead atoms. The van der Waals surface area contributed by atoms with Crippen LogP contribution in [0.4, 0.5) is 0 Å². The number of ketones is 1. The Bertz CT molecular complexity index is 108. The van der Waals surface area contributed by atoms with E-state index in [-0.39, 0.29) is 5.78 Å². The molecule has 0 saturated carbocycles. The van der Waals surface area contributed by atoms with Crippen molar-refractivity contribution in [2.24, 2.45) is 5.92 Å². The van der Waals surface area contributed by atoms with Gasteiger partial charge in [-0.15, -0.1) is 0 Å². The van der Waals surface area contributed by atoms with E-state index in [9.17, 15) is 4.79 Å². The normalized spacial score (nSPS) is 13.7. The molecule has 0 radical (unpaired) electrons. The number of hydrogen-bond donors (Lipinski definition) is 1. The molecule has 1 N–H and O–H groups in total. The van der Waals surface area contributed by atoms with E-state index < -0.39 is 6.10 Å². The van der Waals surface area contributed by atoms with Crippen molar-refractivity contribution in [2.45, 2.75) is 39.7 Å². The predicted molar refractivity (Wildman–Crippen MR) is 40.8 cm³/mol. The smallest absolute Gasteiger partial charge is 0.161 e. The molecule has 0 rings (SSSR count). The van der Waals surface area contributed by atoms with Crippen LogP contribution >= 0.6 is 0 Å². The second-order valence-corrected chi connectivity index (χ2v) is 2.99. The number of rotatable bonds is 4. The fourth-order valence-corrected chi connectivity index (χ4v) is 0.766. The van der Waals surface area contributed by atoms with Gasteiger partial charge in [0.05, 0.1) is 0 Å². The lowest BCUT2D eigenvalue weighted by Crippen LogP contribution is -2.20. The Balaban J connectivity index is 3.62. The highest BCUT2D eigenvalue weighted by atomic mass is 16.3. The molecule has 0 aromatic heterocycles. The van der Waals surface area contributed by atoms with Crippen LogP contribution in [0.25, 0.3) is 0 Å². The van der Waals surface area contributed by atoms with E-state index in [0.717, 1.165) is 0 Å². The molecule has 2 heteroatoms. The van der Waals surface area contributed by atoms with Gasteiger partial charge < -0.3 is 5.11 Å². The van der Waals surface area contributed by atoms with Crippen molar-refractivity contribution >= 4 is 5.78 Å². The van der Waals surface area contributed by atoms with Gasteiger partial charge in [0.2, 0.25) is 0 Å². The molecular formula is C8H16O2. The van der Waals surface area contributed by atoms with Crippen LogP contribution in [0.15, 0.2) is 0 Å². The van der Waals surface area contributed by atoms with Gasteiger partial charge >= 0.3 is 0 Å². The molecule has 0 saturated heterocycles. The van der Waals surface area contributed by atoms with Crippen molar-refractivity contribution in [3.05, 3.63) is 0 Å². The van der Waals surface area contributed by atoms with Crippen LogP contribution < -0.4 is 0 Å². The summed E-state index contributed by atoms with van der Waals surface area (Å²) in [5, 5.41) is 9.03. The zero-order valence-electron chi connectivity index (χ0n) is 6.92. The summed E-state index contributed by atoms with van der Waals surface area (Å²) in [6, 6.07) is 0. The van der Waals surface area contributed by atoms with Crippen molar-refractivity contribution in [3.8, 4) is 0 Å². The highest BCUT2D eigenvalue weighted by molar-refractivity contribution is 5.82. The zero-order valence-corrected chi connectivity index (χ0v) is 6.92. The van der Waals surface area contributed by atoms with Gasteiger partial charge in [-0.05, 0) is 12.3 Å². The Labute approximate surface area is 62.2 Å². The summed E-state index contributed by atoms with van der Waals surface area (Å²) in [6.07, 6.45) is 0.294. The third-order valence-electron chi connectivity index (χ3n) is 1.37. The highest BCUT2D eigenvalue weighted by Crippen LogP contribution is 2.04.